The Morgan fingerprint density at radius 1 is 1.12 bits per heavy atom. The Morgan fingerprint density at radius 2 is 1.88 bits per heavy atom. The SMILES string of the molecule is CC(=O)c1cccc(S(=O)(=O)NCCCN2CCc3ccccc3C2)c1. The molecule has 0 radical (unpaired) electrons. The van der Waals surface area contributed by atoms with Crippen molar-refractivity contribution in [2.45, 2.75) is 31.2 Å². The molecular weight excluding hydrogens is 348 g/mol. The fraction of sp³-hybridized carbons (Fsp3) is 0.350. The first-order valence-corrected chi connectivity index (χ1v) is 10.3. The second-order valence-corrected chi connectivity index (χ2v) is 8.40. The van der Waals surface area contributed by atoms with E-state index in [0.29, 0.717) is 12.1 Å². The molecule has 0 unspecified atom stereocenters. The topological polar surface area (TPSA) is 66.5 Å². The van der Waals surface area contributed by atoms with Crippen molar-refractivity contribution >= 4 is 15.8 Å². The number of nitrogens with one attached hydrogen (secondary N) is 1. The Balaban J connectivity index is 1.50. The monoisotopic (exact) mass is 372 g/mol. The van der Waals surface area contributed by atoms with E-state index in [9.17, 15) is 13.2 Å². The summed E-state index contributed by atoms with van der Waals surface area (Å²) in [6, 6.07) is 14.6. The van der Waals surface area contributed by atoms with Gasteiger partial charge in [0, 0.05) is 25.2 Å². The van der Waals surface area contributed by atoms with Gasteiger partial charge in [0.25, 0.3) is 0 Å². The predicted octanol–water partition coefficient (Wildman–Crippen LogP) is 2.62. The van der Waals surface area contributed by atoms with Gasteiger partial charge in [-0.15, -0.1) is 0 Å². The normalized spacial score (nSPS) is 14.8. The highest BCUT2D eigenvalue weighted by Crippen LogP contribution is 2.18. The van der Waals surface area contributed by atoms with Crippen LogP contribution in [0.3, 0.4) is 0 Å². The van der Waals surface area contributed by atoms with Crippen LogP contribution in [0.2, 0.25) is 0 Å². The van der Waals surface area contributed by atoms with E-state index in [1.54, 1.807) is 12.1 Å². The molecule has 138 valence electrons. The smallest absolute Gasteiger partial charge is 0.240 e. The van der Waals surface area contributed by atoms with Gasteiger partial charge in [-0.25, -0.2) is 13.1 Å². The zero-order valence-electron chi connectivity index (χ0n) is 14.9. The van der Waals surface area contributed by atoms with Gasteiger partial charge in [-0.2, -0.15) is 0 Å². The summed E-state index contributed by atoms with van der Waals surface area (Å²) in [4.78, 5) is 13.9. The molecular formula is C20H24N2O3S. The summed E-state index contributed by atoms with van der Waals surface area (Å²) < 4.78 is 27.4. The summed E-state index contributed by atoms with van der Waals surface area (Å²) in [5, 5.41) is 0. The van der Waals surface area contributed by atoms with E-state index in [-0.39, 0.29) is 10.7 Å². The van der Waals surface area contributed by atoms with Gasteiger partial charge in [-0.3, -0.25) is 9.69 Å². The van der Waals surface area contributed by atoms with E-state index in [4.69, 9.17) is 0 Å². The lowest BCUT2D eigenvalue weighted by Crippen LogP contribution is -2.33. The van der Waals surface area contributed by atoms with Crippen LogP contribution in [0.15, 0.2) is 53.4 Å². The summed E-state index contributed by atoms with van der Waals surface area (Å²) in [6.07, 6.45) is 1.79. The van der Waals surface area contributed by atoms with E-state index >= 15 is 0 Å². The molecule has 1 N–H and O–H groups in total. The number of sulfonamides is 1. The largest absolute Gasteiger partial charge is 0.299 e. The van der Waals surface area contributed by atoms with Crippen LogP contribution in [-0.2, 0) is 23.0 Å². The first kappa shape index (κ1) is 18.8. The zero-order chi connectivity index (χ0) is 18.6. The Morgan fingerprint density at radius 3 is 2.65 bits per heavy atom. The van der Waals surface area contributed by atoms with Gasteiger partial charge in [-0.05, 0) is 49.6 Å². The van der Waals surface area contributed by atoms with Crippen LogP contribution in [0, 0.1) is 0 Å². The van der Waals surface area contributed by atoms with Crippen LogP contribution in [0.25, 0.3) is 0 Å². The molecule has 0 aliphatic carbocycles. The molecule has 5 nitrogen and oxygen atoms in total. The summed E-state index contributed by atoms with van der Waals surface area (Å²) >= 11 is 0. The standard InChI is InChI=1S/C20H24N2O3S/c1-16(23)18-8-4-9-20(14-18)26(24,25)21-11-5-12-22-13-10-17-6-2-3-7-19(17)15-22/h2-4,6-9,14,21H,5,10-13,15H2,1H3. The number of hydrogen-bond acceptors (Lipinski definition) is 4. The highest BCUT2D eigenvalue weighted by Gasteiger charge is 2.17. The lowest BCUT2D eigenvalue weighted by Gasteiger charge is -2.28. The van der Waals surface area contributed by atoms with Crippen LogP contribution in [0.4, 0.5) is 0 Å². The van der Waals surface area contributed by atoms with Crippen LogP contribution in [-0.4, -0.2) is 38.7 Å². The Labute approximate surface area is 155 Å². The van der Waals surface area contributed by atoms with Gasteiger partial charge < -0.3 is 0 Å². The summed E-state index contributed by atoms with van der Waals surface area (Å²) in [7, 11) is -3.59. The second kappa shape index (κ2) is 8.12. The zero-order valence-corrected chi connectivity index (χ0v) is 15.8. The maximum absolute atomic E-state index is 12.4. The van der Waals surface area contributed by atoms with Gasteiger partial charge in [-0.1, -0.05) is 36.4 Å². The molecule has 0 spiro atoms. The van der Waals surface area contributed by atoms with Crippen molar-refractivity contribution in [2.24, 2.45) is 0 Å². The molecule has 26 heavy (non-hydrogen) atoms. The highest BCUT2D eigenvalue weighted by molar-refractivity contribution is 7.89. The van der Waals surface area contributed by atoms with Crippen molar-refractivity contribution in [1.82, 2.24) is 9.62 Å². The van der Waals surface area contributed by atoms with Gasteiger partial charge in [0.1, 0.15) is 0 Å². The third-order valence-corrected chi connectivity index (χ3v) is 6.16. The molecule has 0 fully saturated rings. The fourth-order valence-electron chi connectivity index (χ4n) is 3.22. The maximum atomic E-state index is 12.4. The van der Waals surface area contributed by atoms with E-state index < -0.39 is 10.0 Å². The van der Waals surface area contributed by atoms with E-state index in [1.165, 1.54) is 30.2 Å². The lowest BCUT2D eigenvalue weighted by atomic mass is 10.00. The van der Waals surface area contributed by atoms with Gasteiger partial charge >= 0.3 is 0 Å². The van der Waals surface area contributed by atoms with Crippen molar-refractivity contribution in [1.29, 1.82) is 0 Å². The Kier molecular flexibility index (Phi) is 5.86. The second-order valence-electron chi connectivity index (χ2n) is 6.63. The minimum absolute atomic E-state index is 0.136. The average Bonchev–Trinajstić information content (AvgIpc) is 2.65. The lowest BCUT2D eigenvalue weighted by molar-refractivity contribution is 0.101. The van der Waals surface area contributed by atoms with Crippen LogP contribution >= 0.6 is 0 Å². The van der Waals surface area contributed by atoms with Crippen molar-refractivity contribution < 1.29 is 13.2 Å². The number of carbonyl (C=O) groups excluding carboxylic acids is 1. The molecule has 1 aliphatic rings. The number of ketones is 1. The van der Waals surface area contributed by atoms with E-state index in [2.05, 4.69) is 33.9 Å². The molecule has 0 saturated heterocycles. The van der Waals surface area contributed by atoms with Crippen molar-refractivity contribution in [3.05, 3.63) is 65.2 Å². The third-order valence-electron chi connectivity index (χ3n) is 4.70. The fourth-order valence-corrected chi connectivity index (χ4v) is 4.34. The molecule has 2 aromatic rings. The molecule has 1 aliphatic heterocycles. The van der Waals surface area contributed by atoms with Crippen LogP contribution < -0.4 is 4.72 Å². The molecule has 6 heteroatoms. The maximum Gasteiger partial charge on any atom is 0.240 e. The summed E-state index contributed by atoms with van der Waals surface area (Å²) in [5.41, 5.74) is 3.18. The van der Waals surface area contributed by atoms with Crippen LogP contribution in [0.5, 0.6) is 0 Å². The first-order chi connectivity index (χ1) is 12.5. The number of Topliss-reactive ketones (excluding diaryl/α,β-unsaturated/α-hetero) is 1. The summed E-state index contributed by atoms with van der Waals surface area (Å²) in [5.74, 6) is -0.146. The molecule has 0 saturated carbocycles. The van der Waals surface area contributed by atoms with Crippen molar-refractivity contribution in [3.63, 3.8) is 0 Å². The Hall–Kier alpha value is -2.02. The quantitative estimate of drug-likeness (QED) is 0.599. The van der Waals surface area contributed by atoms with Gasteiger partial charge in [0.15, 0.2) is 5.78 Å². The number of rotatable bonds is 7. The number of carbonyl (C=O) groups is 1. The molecule has 0 amide bonds. The molecule has 2 aromatic carbocycles. The van der Waals surface area contributed by atoms with Crippen molar-refractivity contribution in [3.8, 4) is 0 Å². The Bertz CT molecular complexity index is 893. The third kappa shape index (κ3) is 4.58. The summed E-state index contributed by atoms with van der Waals surface area (Å²) in [6.45, 7) is 4.58. The minimum Gasteiger partial charge on any atom is -0.299 e. The minimum atomic E-state index is -3.59. The van der Waals surface area contributed by atoms with E-state index in [0.717, 1.165) is 32.5 Å². The molecule has 3 rings (SSSR count). The van der Waals surface area contributed by atoms with Gasteiger partial charge in [0.2, 0.25) is 10.0 Å². The van der Waals surface area contributed by atoms with Gasteiger partial charge in [0.05, 0.1) is 4.90 Å². The molecule has 0 aromatic heterocycles. The van der Waals surface area contributed by atoms with Crippen molar-refractivity contribution in [2.75, 3.05) is 19.6 Å². The number of nitrogens with zero attached hydrogens (tertiary/aromatic N) is 1. The predicted molar refractivity (Wildman–Crippen MR) is 102 cm³/mol. The number of benzene rings is 2. The van der Waals surface area contributed by atoms with Crippen LogP contribution in [0.1, 0.15) is 34.8 Å². The number of hydrogen-bond donors (Lipinski definition) is 1. The highest BCUT2D eigenvalue weighted by atomic mass is 32.2. The molecule has 0 bridgehead atoms. The van der Waals surface area contributed by atoms with E-state index in [1.807, 2.05) is 0 Å². The first-order valence-electron chi connectivity index (χ1n) is 8.85. The molecule has 1 heterocycles. The molecule has 0 atom stereocenters. The average molecular weight is 372 g/mol. The number of fused-ring (bicyclic) bond motifs is 1.